The number of hydrogen-bond acceptors (Lipinski definition) is 5. The first-order chi connectivity index (χ1) is 9.77. The number of nitrogens with zero attached hydrogens (tertiary/aromatic N) is 1. The largest absolute Gasteiger partial charge is 0.493 e. The minimum Gasteiger partial charge on any atom is -0.493 e. The van der Waals surface area contributed by atoms with Gasteiger partial charge in [0.2, 0.25) is 0 Å². The molecule has 0 aliphatic heterocycles. The van der Waals surface area contributed by atoms with E-state index in [9.17, 15) is 14.9 Å². The summed E-state index contributed by atoms with van der Waals surface area (Å²) in [6.45, 7) is 3.62. The first-order valence-corrected chi connectivity index (χ1v) is 6.46. The molecule has 7 nitrogen and oxygen atoms in total. The molecule has 1 rings (SSSR count). The zero-order valence-electron chi connectivity index (χ0n) is 12.3. The molecule has 0 amide bonds. The van der Waals surface area contributed by atoms with Crippen molar-refractivity contribution in [3.63, 3.8) is 0 Å². The topological polar surface area (TPSA) is 98.9 Å². The van der Waals surface area contributed by atoms with Gasteiger partial charge in [-0.2, -0.15) is 0 Å². The standard InChI is InChI=1S/C14H19NO6/c1-14(2,13(16)17)7-4-8-21-11-6-5-10(15(18)19)9-12(11)20-3/h5-6,9H,4,7-8H2,1-3H3,(H,16,17). The van der Waals surface area contributed by atoms with Crippen molar-refractivity contribution >= 4 is 11.7 Å². The molecule has 1 aromatic rings. The zero-order chi connectivity index (χ0) is 16.0. The maximum absolute atomic E-state index is 11.0. The molecule has 21 heavy (non-hydrogen) atoms. The van der Waals surface area contributed by atoms with E-state index in [1.807, 2.05) is 0 Å². The van der Waals surface area contributed by atoms with Crippen LogP contribution in [0.3, 0.4) is 0 Å². The summed E-state index contributed by atoms with van der Waals surface area (Å²) in [5.74, 6) is -0.173. The van der Waals surface area contributed by atoms with Crippen LogP contribution in [0.5, 0.6) is 11.5 Å². The van der Waals surface area contributed by atoms with E-state index in [1.165, 1.54) is 25.3 Å². The third-order valence-electron chi connectivity index (χ3n) is 3.14. The molecular formula is C14H19NO6. The Bertz CT molecular complexity index is 526. The van der Waals surface area contributed by atoms with Crippen molar-refractivity contribution in [1.82, 2.24) is 0 Å². The molecular weight excluding hydrogens is 278 g/mol. The fourth-order valence-electron chi connectivity index (χ4n) is 1.69. The van der Waals surface area contributed by atoms with Gasteiger partial charge < -0.3 is 14.6 Å². The van der Waals surface area contributed by atoms with Crippen molar-refractivity contribution in [2.75, 3.05) is 13.7 Å². The Labute approximate surface area is 122 Å². The van der Waals surface area contributed by atoms with Gasteiger partial charge in [-0.15, -0.1) is 0 Å². The molecule has 7 heteroatoms. The van der Waals surface area contributed by atoms with Crippen LogP contribution in [0.15, 0.2) is 18.2 Å². The van der Waals surface area contributed by atoms with Gasteiger partial charge in [-0.25, -0.2) is 0 Å². The Hall–Kier alpha value is -2.31. The molecule has 0 heterocycles. The van der Waals surface area contributed by atoms with E-state index in [0.29, 0.717) is 25.2 Å². The highest BCUT2D eigenvalue weighted by Crippen LogP contribution is 2.31. The summed E-state index contributed by atoms with van der Waals surface area (Å²) in [5, 5.41) is 19.7. The number of carboxylic acids is 1. The quantitative estimate of drug-likeness (QED) is 0.450. The Kier molecular flexibility index (Phi) is 5.52. The highest BCUT2D eigenvalue weighted by Gasteiger charge is 2.26. The maximum atomic E-state index is 11.0. The van der Waals surface area contributed by atoms with Crippen LogP contribution in [0.2, 0.25) is 0 Å². The van der Waals surface area contributed by atoms with Gasteiger partial charge in [0.25, 0.3) is 5.69 Å². The Balaban J connectivity index is 2.60. The van der Waals surface area contributed by atoms with Crippen molar-refractivity contribution in [2.45, 2.75) is 26.7 Å². The lowest BCUT2D eigenvalue weighted by molar-refractivity contribution is -0.385. The summed E-state index contributed by atoms with van der Waals surface area (Å²) in [6, 6.07) is 4.09. The molecule has 0 saturated carbocycles. The number of hydrogen-bond donors (Lipinski definition) is 1. The molecule has 0 aliphatic rings. The van der Waals surface area contributed by atoms with E-state index in [2.05, 4.69) is 0 Å². The van der Waals surface area contributed by atoms with E-state index in [4.69, 9.17) is 14.6 Å². The number of aliphatic carboxylic acids is 1. The SMILES string of the molecule is COc1cc([N+](=O)[O-])ccc1OCCCC(C)(C)C(=O)O. The number of non-ortho nitro benzene ring substituents is 1. The van der Waals surface area contributed by atoms with Gasteiger partial charge in [-0.05, 0) is 32.8 Å². The average molecular weight is 297 g/mol. The van der Waals surface area contributed by atoms with Crippen molar-refractivity contribution in [3.8, 4) is 11.5 Å². The summed E-state index contributed by atoms with van der Waals surface area (Å²) in [4.78, 5) is 21.1. The molecule has 0 atom stereocenters. The second kappa shape index (κ2) is 6.92. The lowest BCUT2D eigenvalue weighted by atomic mass is 9.88. The van der Waals surface area contributed by atoms with Crippen molar-refractivity contribution in [3.05, 3.63) is 28.3 Å². The summed E-state index contributed by atoms with van der Waals surface area (Å²) >= 11 is 0. The maximum Gasteiger partial charge on any atom is 0.309 e. The van der Waals surface area contributed by atoms with Crippen LogP contribution in [0.1, 0.15) is 26.7 Å². The molecule has 1 aromatic carbocycles. The van der Waals surface area contributed by atoms with E-state index >= 15 is 0 Å². The highest BCUT2D eigenvalue weighted by molar-refractivity contribution is 5.73. The molecule has 0 radical (unpaired) electrons. The molecule has 0 bridgehead atoms. The minimum atomic E-state index is -0.851. The monoisotopic (exact) mass is 297 g/mol. The predicted molar refractivity (Wildman–Crippen MR) is 75.8 cm³/mol. The molecule has 0 fully saturated rings. The van der Waals surface area contributed by atoms with E-state index in [-0.39, 0.29) is 11.4 Å². The molecule has 0 unspecified atom stereocenters. The number of carboxylic acid groups (broad SMARTS) is 1. The lowest BCUT2D eigenvalue weighted by Gasteiger charge is -2.18. The third-order valence-corrected chi connectivity index (χ3v) is 3.14. The van der Waals surface area contributed by atoms with Crippen molar-refractivity contribution in [1.29, 1.82) is 0 Å². The average Bonchev–Trinajstić information content (AvgIpc) is 2.43. The predicted octanol–water partition coefficient (Wildman–Crippen LogP) is 2.87. The number of methoxy groups -OCH3 is 1. The van der Waals surface area contributed by atoms with Crippen LogP contribution >= 0.6 is 0 Å². The lowest BCUT2D eigenvalue weighted by Crippen LogP contribution is -2.24. The molecule has 1 N–H and O–H groups in total. The van der Waals surface area contributed by atoms with E-state index in [1.54, 1.807) is 13.8 Å². The Morgan fingerprint density at radius 1 is 1.38 bits per heavy atom. The highest BCUT2D eigenvalue weighted by atomic mass is 16.6. The first kappa shape index (κ1) is 16.7. The van der Waals surface area contributed by atoms with E-state index < -0.39 is 16.3 Å². The second-order valence-electron chi connectivity index (χ2n) is 5.23. The first-order valence-electron chi connectivity index (χ1n) is 6.46. The molecule has 116 valence electrons. The third kappa shape index (κ3) is 4.62. The van der Waals surface area contributed by atoms with Crippen molar-refractivity contribution in [2.24, 2.45) is 5.41 Å². The molecule has 0 saturated heterocycles. The summed E-state index contributed by atoms with van der Waals surface area (Å²) in [6.07, 6.45) is 1.02. The minimum absolute atomic E-state index is 0.0776. The fraction of sp³-hybridized carbons (Fsp3) is 0.500. The van der Waals surface area contributed by atoms with Gasteiger partial charge in [0.15, 0.2) is 11.5 Å². The summed E-state index contributed by atoms with van der Waals surface area (Å²) in [7, 11) is 1.40. The van der Waals surface area contributed by atoms with Gasteiger partial charge in [0.1, 0.15) is 0 Å². The van der Waals surface area contributed by atoms with Gasteiger partial charge in [0.05, 0.1) is 30.1 Å². The van der Waals surface area contributed by atoms with Crippen molar-refractivity contribution < 1.29 is 24.3 Å². The fourth-order valence-corrected chi connectivity index (χ4v) is 1.69. The van der Waals surface area contributed by atoms with Crippen LogP contribution in [0.25, 0.3) is 0 Å². The Morgan fingerprint density at radius 2 is 2.05 bits per heavy atom. The van der Waals surface area contributed by atoms with Crippen LogP contribution in [0, 0.1) is 15.5 Å². The van der Waals surface area contributed by atoms with Crippen LogP contribution < -0.4 is 9.47 Å². The summed E-state index contributed by atoms with van der Waals surface area (Å²) < 4.78 is 10.5. The second-order valence-corrected chi connectivity index (χ2v) is 5.23. The number of nitro groups is 1. The number of benzene rings is 1. The van der Waals surface area contributed by atoms with Crippen LogP contribution in [0.4, 0.5) is 5.69 Å². The number of rotatable bonds is 8. The normalized spacial score (nSPS) is 11.0. The van der Waals surface area contributed by atoms with Crippen LogP contribution in [-0.2, 0) is 4.79 Å². The summed E-state index contributed by atoms with van der Waals surface area (Å²) in [5.41, 5.74) is -0.880. The van der Waals surface area contributed by atoms with Gasteiger partial charge in [-0.3, -0.25) is 14.9 Å². The molecule has 0 aliphatic carbocycles. The number of nitro benzene ring substituents is 1. The van der Waals surface area contributed by atoms with Gasteiger partial charge in [-0.1, -0.05) is 0 Å². The van der Waals surface area contributed by atoms with E-state index in [0.717, 1.165) is 0 Å². The number of ether oxygens (including phenoxy) is 2. The number of carbonyl (C=O) groups is 1. The molecule has 0 spiro atoms. The van der Waals surface area contributed by atoms with Gasteiger partial charge in [0, 0.05) is 6.07 Å². The van der Waals surface area contributed by atoms with Gasteiger partial charge >= 0.3 is 5.97 Å². The molecule has 0 aromatic heterocycles. The smallest absolute Gasteiger partial charge is 0.309 e. The van der Waals surface area contributed by atoms with Crippen LogP contribution in [-0.4, -0.2) is 29.7 Å². The Morgan fingerprint density at radius 3 is 2.57 bits per heavy atom. The zero-order valence-corrected chi connectivity index (χ0v) is 12.3.